The maximum absolute atomic E-state index is 12.3. The number of anilines is 2. The van der Waals surface area contributed by atoms with Gasteiger partial charge < -0.3 is 10.2 Å². The molecule has 1 amide bonds. The van der Waals surface area contributed by atoms with Gasteiger partial charge in [0.2, 0.25) is 0 Å². The van der Waals surface area contributed by atoms with Crippen molar-refractivity contribution in [3.05, 3.63) is 47.7 Å². The van der Waals surface area contributed by atoms with E-state index in [9.17, 15) is 4.79 Å². The molecule has 1 aliphatic rings. The Labute approximate surface area is 147 Å². The van der Waals surface area contributed by atoms with Gasteiger partial charge in [-0.1, -0.05) is 6.92 Å². The number of carbonyl (C=O) groups excluding carboxylic acids is 1. The lowest BCUT2D eigenvalue weighted by Crippen LogP contribution is -2.39. The lowest BCUT2D eigenvalue weighted by atomic mass is 10.0. The van der Waals surface area contributed by atoms with Crippen molar-refractivity contribution in [3.63, 3.8) is 0 Å². The monoisotopic (exact) mass is 335 g/mol. The van der Waals surface area contributed by atoms with Crippen LogP contribution in [0.25, 0.3) is 0 Å². The molecule has 0 bridgehead atoms. The Hall–Kier alpha value is -2.94. The van der Waals surface area contributed by atoms with E-state index in [0.717, 1.165) is 18.8 Å². The standard InChI is InChI=1S/C19H21N5O/c1-2-16-5-3-4-12-24(16)18-11-10-17(22-23-18)19(25)21-15-8-6-14(13-20)7-9-15/h6-11,16H,2-5,12H2,1H3,(H,21,25). The molecule has 1 N–H and O–H groups in total. The number of nitrogens with zero attached hydrogens (tertiary/aromatic N) is 4. The lowest BCUT2D eigenvalue weighted by molar-refractivity contribution is 0.102. The second-order valence-corrected chi connectivity index (χ2v) is 6.17. The van der Waals surface area contributed by atoms with Crippen LogP contribution < -0.4 is 10.2 Å². The number of piperidine rings is 1. The molecule has 25 heavy (non-hydrogen) atoms. The first-order valence-electron chi connectivity index (χ1n) is 8.63. The van der Waals surface area contributed by atoms with Gasteiger partial charge >= 0.3 is 0 Å². The summed E-state index contributed by atoms with van der Waals surface area (Å²) in [5.41, 5.74) is 1.45. The van der Waals surface area contributed by atoms with Crippen molar-refractivity contribution < 1.29 is 4.79 Å². The van der Waals surface area contributed by atoms with E-state index >= 15 is 0 Å². The third-order valence-corrected chi connectivity index (χ3v) is 4.55. The highest BCUT2D eigenvalue weighted by molar-refractivity contribution is 6.02. The summed E-state index contributed by atoms with van der Waals surface area (Å²) in [5.74, 6) is 0.524. The summed E-state index contributed by atoms with van der Waals surface area (Å²) in [6, 6.07) is 12.8. The van der Waals surface area contributed by atoms with Gasteiger partial charge in [-0.3, -0.25) is 4.79 Å². The van der Waals surface area contributed by atoms with Gasteiger partial charge in [0, 0.05) is 18.3 Å². The van der Waals surface area contributed by atoms with Gasteiger partial charge in [-0.15, -0.1) is 10.2 Å². The molecule has 2 aromatic rings. The van der Waals surface area contributed by atoms with Crippen LogP contribution in [0.4, 0.5) is 11.5 Å². The molecule has 1 aromatic carbocycles. The molecular formula is C19H21N5O. The fourth-order valence-electron chi connectivity index (χ4n) is 3.15. The van der Waals surface area contributed by atoms with E-state index in [2.05, 4.69) is 27.3 Å². The topological polar surface area (TPSA) is 81.9 Å². The molecular weight excluding hydrogens is 314 g/mol. The first kappa shape index (κ1) is 16.9. The van der Waals surface area contributed by atoms with Gasteiger partial charge in [0.1, 0.15) is 0 Å². The number of hydrogen-bond acceptors (Lipinski definition) is 5. The van der Waals surface area contributed by atoms with Gasteiger partial charge in [0.25, 0.3) is 5.91 Å². The first-order valence-corrected chi connectivity index (χ1v) is 8.63. The molecule has 0 aliphatic carbocycles. The number of nitriles is 1. The summed E-state index contributed by atoms with van der Waals surface area (Å²) in [6.45, 7) is 3.18. The van der Waals surface area contributed by atoms with Crippen LogP contribution in [0.3, 0.4) is 0 Å². The van der Waals surface area contributed by atoms with Crippen molar-refractivity contribution in [1.82, 2.24) is 10.2 Å². The third kappa shape index (κ3) is 3.94. The summed E-state index contributed by atoms with van der Waals surface area (Å²) in [5, 5.41) is 19.9. The first-order chi connectivity index (χ1) is 12.2. The predicted octanol–water partition coefficient (Wildman–Crippen LogP) is 3.37. The number of rotatable bonds is 4. The van der Waals surface area contributed by atoms with E-state index in [4.69, 9.17) is 5.26 Å². The molecule has 128 valence electrons. The van der Waals surface area contributed by atoms with Gasteiger partial charge in [0.15, 0.2) is 11.5 Å². The molecule has 1 unspecified atom stereocenters. The molecule has 1 aromatic heterocycles. The van der Waals surface area contributed by atoms with Crippen molar-refractivity contribution in [1.29, 1.82) is 5.26 Å². The number of carbonyl (C=O) groups is 1. The number of hydrogen-bond donors (Lipinski definition) is 1. The highest BCUT2D eigenvalue weighted by atomic mass is 16.1. The molecule has 0 radical (unpaired) electrons. The van der Waals surface area contributed by atoms with Gasteiger partial charge in [-0.2, -0.15) is 5.26 Å². The van der Waals surface area contributed by atoms with E-state index < -0.39 is 0 Å². The van der Waals surface area contributed by atoms with Crippen molar-refractivity contribution in [2.75, 3.05) is 16.8 Å². The minimum Gasteiger partial charge on any atom is -0.352 e. The summed E-state index contributed by atoms with van der Waals surface area (Å²) < 4.78 is 0. The molecule has 3 rings (SSSR count). The molecule has 1 fully saturated rings. The zero-order chi connectivity index (χ0) is 17.6. The average Bonchev–Trinajstić information content (AvgIpc) is 2.68. The zero-order valence-corrected chi connectivity index (χ0v) is 14.3. The van der Waals surface area contributed by atoms with Crippen molar-refractivity contribution >= 4 is 17.4 Å². The molecule has 6 heteroatoms. The fourth-order valence-corrected chi connectivity index (χ4v) is 3.15. The third-order valence-electron chi connectivity index (χ3n) is 4.55. The van der Waals surface area contributed by atoms with Crippen LogP contribution in [0.1, 0.15) is 48.7 Å². The van der Waals surface area contributed by atoms with Crippen LogP contribution in [-0.2, 0) is 0 Å². The van der Waals surface area contributed by atoms with Gasteiger partial charge in [-0.05, 0) is 62.1 Å². The maximum Gasteiger partial charge on any atom is 0.276 e. The van der Waals surface area contributed by atoms with Gasteiger partial charge in [0.05, 0.1) is 11.6 Å². The minimum absolute atomic E-state index is 0.276. The Morgan fingerprint density at radius 2 is 2.04 bits per heavy atom. The molecule has 1 atom stereocenters. The van der Waals surface area contributed by atoms with Crippen LogP contribution in [0, 0.1) is 11.3 Å². The highest BCUT2D eigenvalue weighted by Gasteiger charge is 2.22. The predicted molar refractivity (Wildman–Crippen MR) is 96.4 cm³/mol. The van der Waals surface area contributed by atoms with E-state index in [1.54, 1.807) is 30.3 Å². The fraction of sp³-hybridized carbons (Fsp3) is 0.368. The number of nitrogens with one attached hydrogen (secondary N) is 1. The summed E-state index contributed by atoms with van der Waals surface area (Å²) >= 11 is 0. The van der Waals surface area contributed by atoms with Crippen LogP contribution in [0.5, 0.6) is 0 Å². The van der Waals surface area contributed by atoms with Crippen molar-refractivity contribution in [2.24, 2.45) is 0 Å². The zero-order valence-electron chi connectivity index (χ0n) is 14.3. The van der Waals surface area contributed by atoms with Crippen LogP contribution in [0.15, 0.2) is 36.4 Å². The molecule has 6 nitrogen and oxygen atoms in total. The SMILES string of the molecule is CCC1CCCCN1c1ccc(C(=O)Nc2ccc(C#N)cc2)nn1. The molecule has 1 aliphatic heterocycles. The molecule has 1 saturated heterocycles. The quantitative estimate of drug-likeness (QED) is 0.926. The molecule has 0 saturated carbocycles. The number of benzene rings is 1. The molecule has 2 heterocycles. The van der Waals surface area contributed by atoms with Crippen LogP contribution >= 0.6 is 0 Å². The summed E-state index contributed by atoms with van der Waals surface area (Å²) in [7, 11) is 0. The van der Waals surface area contributed by atoms with E-state index in [1.807, 2.05) is 12.1 Å². The average molecular weight is 335 g/mol. The Morgan fingerprint density at radius 1 is 1.24 bits per heavy atom. The Kier molecular flexibility index (Phi) is 5.24. The maximum atomic E-state index is 12.3. The lowest BCUT2D eigenvalue weighted by Gasteiger charge is -2.35. The Balaban J connectivity index is 1.68. The number of aromatic nitrogens is 2. The van der Waals surface area contributed by atoms with E-state index in [1.165, 1.54) is 19.3 Å². The van der Waals surface area contributed by atoms with Gasteiger partial charge in [-0.25, -0.2) is 0 Å². The second-order valence-electron chi connectivity index (χ2n) is 6.17. The summed E-state index contributed by atoms with van der Waals surface area (Å²) in [4.78, 5) is 14.6. The smallest absolute Gasteiger partial charge is 0.276 e. The Bertz CT molecular complexity index is 764. The number of amides is 1. The Morgan fingerprint density at radius 3 is 2.68 bits per heavy atom. The van der Waals surface area contributed by atoms with E-state index in [0.29, 0.717) is 17.3 Å². The van der Waals surface area contributed by atoms with Crippen molar-refractivity contribution in [2.45, 2.75) is 38.6 Å². The van der Waals surface area contributed by atoms with Crippen molar-refractivity contribution in [3.8, 4) is 6.07 Å². The van der Waals surface area contributed by atoms with E-state index in [-0.39, 0.29) is 11.6 Å². The molecule has 0 spiro atoms. The normalized spacial score (nSPS) is 17.0. The highest BCUT2D eigenvalue weighted by Crippen LogP contribution is 2.24. The minimum atomic E-state index is -0.311. The second kappa shape index (κ2) is 7.75. The largest absolute Gasteiger partial charge is 0.352 e. The van der Waals surface area contributed by atoms with Crippen LogP contribution in [-0.4, -0.2) is 28.7 Å². The summed E-state index contributed by atoms with van der Waals surface area (Å²) in [6.07, 6.45) is 4.69. The van der Waals surface area contributed by atoms with Crippen LogP contribution in [0.2, 0.25) is 0 Å².